The molecular weight excluding hydrogens is 252 g/mol. The van der Waals surface area contributed by atoms with Crippen molar-refractivity contribution in [2.45, 2.75) is 0 Å². The van der Waals surface area contributed by atoms with Crippen LogP contribution in [0.3, 0.4) is 0 Å². The minimum atomic E-state index is 0.324. The molecule has 0 heterocycles. The van der Waals surface area contributed by atoms with Gasteiger partial charge in [-0.2, -0.15) is 0 Å². The Bertz CT molecular complexity index is 700. The molecule has 0 aliphatic heterocycles. The third kappa shape index (κ3) is 3.09. The molecule has 0 aromatic heterocycles. The van der Waals surface area contributed by atoms with Crippen LogP contribution in [0.4, 0.5) is 11.4 Å². The van der Waals surface area contributed by atoms with Gasteiger partial charge in [0.05, 0.1) is 12.8 Å². The topological polar surface area (TPSA) is 51.0 Å². The number of nitrogens with zero attached hydrogens (tertiary/aromatic N) is 2. The number of methoxy groups -OCH3 is 1. The van der Waals surface area contributed by atoms with E-state index in [9.17, 15) is 4.91 Å². The number of terminal acetylenes is 1. The fourth-order valence-electron chi connectivity index (χ4n) is 1.70. The molecule has 2 aromatic carbocycles. The summed E-state index contributed by atoms with van der Waals surface area (Å²) in [7, 11) is 1.56. The third-order valence-corrected chi connectivity index (χ3v) is 2.68. The van der Waals surface area contributed by atoms with E-state index in [0.29, 0.717) is 17.0 Å². The molecule has 2 rings (SSSR count). The minimum absolute atomic E-state index is 0.324. The van der Waals surface area contributed by atoms with Gasteiger partial charge >= 0.3 is 0 Å². The molecule has 0 fully saturated rings. The van der Waals surface area contributed by atoms with Crippen LogP contribution in [0, 0.1) is 17.3 Å². The van der Waals surface area contributed by atoms with Crippen molar-refractivity contribution in [3.8, 4) is 18.1 Å². The first kappa shape index (κ1) is 13.5. The predicted octanol–water partition coefficient (Wildman–Crippen LogP) is 3.83. The van der Waals surface area contributed by atoms with Gasteiger partial charge in [0.2, 0.25) is 0 Å². The Balaban J connectivity index is 2.35. The summed E-state index contributed by atoms with van der Waals surface area (Å²) in [6.07, 6.45) is 6.95. The summed E-state index contributed by atoms with van der Waals surface area (Å²) in [4.78, 5) is 14.9. The highest BCUT2D eigenvalue weighted by molar-refractivity contribution is 5.86. The molecule has 0 saturated heterocycles. The van der Waals surface area contributed by atoms with E-state index in [1.54, 1.807) is 37.6 Å². The quantitative estimate of drug-likeness (QED) is 0.479. The summed E-state index contributed by atoms with van der Waals surface area (Å²) in [5.74, 6) is 3.17. The maximum absolute atomic E-state index is 10.6. The zero-order valence-corrected chi connectivity index (χ0v) is 10.9. The lowest BCUT2D eigenvalue weighted by molar-refractivity contribution is 0.414. The maximum atomic E-state index is 10.6. The van der Waals surface area contributed by atoms with E-state index in [-0.39, 0.29) is 0 Å². The number of nitroso groups, excluding NO2 is 1. The van der Waals surface area contributed by atoms with Crippen molar-refractivity contribution in [1.29, 1.82) is 0 Å². The van der Waals surface area contributed by atoms with Gasteiger partial charge in [-0.05, 0) is 41.6 Å². The van der Waals surface area contributed by atoms with Crippen LogP contribution in [-0.2, 0) is 0 Å². The number of rotatable bonds is 4. The Hall–Kier alpha value is -2.93. The number of hydrogen-bond donors (Lipinski definition) is 0. The predicted molar refractivity (Wildman–Crippen MR) is 80.1 cm³/mol. The van der Waals surface area contributed by atoms with Crippen molar-refractivity contribution < 1.29 is 4.74 Å². The molecule has 0 atom stereocenters. The lowest BCUT2D eigenvalue weighted by Gasteiger charge is -2.04. The van der Waals surface area contributed by atoms with Gasteiger partial charge in [-0.25, -0.2) is 0 Å². The number of aliphatic imine (C=N–C) groups is 1. The lowest BCUT2D eigenvalue weighted by Crippen LogP contribution is -1.90. The van der Waals surface area contributed by atoms with Gasteiger partial charge in [0.1, 0.15) is 11.4 Å². The zero-order valence-electron chi connectivity index (χ0n) is 10.9. The Morgan fingerprint density at radius 2 is 2.05 bits per heavy atom. The second kappa shape index (κ2) is 6.30. The molecule has 0 spiro atoms. The highest BCUT2D eigenvalue weighted by Gasteiger charge is 2.02. The largest absolute Gasteiger partial charge is 0.496 e. The van der Waals surface area contributed by atoms with Gasteiger partial charge < -0.3 is 4.74 Å². The van der Waals surface area contributed by atoms with Gasteiger partial charge in [-0.3, -0.25) is 4.99 Å². The van der Waals surface area contributed by atoms with Crippen LogP contribution in [0.2, 0.25) is 0 Å². The summed E-state index contributed by atoms with van der Waals surface area (Å²) in [5.41, 5.74) is 2.49. The van der Waals surface area contributed by atoms with E-state index in [2.05, 4.69) is 16.1 Å². The van der Waals surface area contributed by atoms with Crippen LogP contribution < -0.4 is 4.74 Å². The Morgan fingerprint density at radius 3 is 2.75 bits per heavy atom. The molecule has 0 bridgehead atoms. The first-order valence-corrected chi connectivity index (χ1v) is 5.89. The van der Waals surface area contributed by atoms with E-state index in [1.807, 2.05) is 18.2 Å². The summed E-state index contributed by atoms with van der Waals surface area (Å²) in [5, 5.41) is 2.90. The summed E-state index contributed by atoms with van der Waals surface area (Å²) in [6, 6.07) is 12.2. The van der Waals surface area contributed by atoms with E-state index >= 15 is 0 Å². The van der Waals surface area contributed by atoms with Gasteiger partial charge in [0.25, 0.3) is 0 Å². The molecule has 0 unspecified atom stereocenters. The Kier molecular flexibility index (Phi) is 4.25. The van der Waals surface area contributed by atoms with Crippen molar-refractivity contribution in [1.82, 2.24) is 0 Å². The molecule has 20 heavy (non-hydrogen) atoms. The fourth-order valence-corrected chi connectivity index (χ4v) is 1.70. The number of hydrogen-bond acceptors (Lipinski definition) is 4. The van der Waals surface area contributed by atoms with Crippen molar-refractivity contribution in [2.24, 2.45) is 10.2 Å². The summed E-state index contributed by atoms with van der Waals surface area (Å²) in [6.45, 7) is 0. The molecule has 98 valence electrons. The minimum Gasteiger partial charge on any atom is -0.496 e. The summed E-state index contributed by atoms with van der Waals surface area (Å²) >= 11 is 0. The summed E-state index contributed by atoms with van der Waals surface area (Å²) < 4.78 is 5.21. The van der Waals surface area contributed by atoms with Crippen molar-refractivity contribution in [3.63, 3.8) is 0 Å². The Labute approximate surface area is 117 Å². The Morgan fingerprint density at radius 1 is 1.20 bits per heavy atom. The van der Waals surface area contributed by atoms with Crippen LogP contribution in [0.5, 0.6) is 5.75 Å². The van der Waals surface area contributed by atoms with Crippen molar-refractivity contribution in [3.05, 3.63) is 58.5 Å². The molecule has 0 aliphatic carbocycles. The van der Waals surface area contributed by atoms with Gasteiger partial charge in [0, 0.05) is 17.3 Å². The second-order valence-corrected chi connectivity index (χ2v) is 3.97. The smallest absolute Gasteiger partial charge is 0.127 e. The van der Waals surface area contributed by atoms with Crippen LogP contribution in [0.15, 0.2) is 52.6 Å². The van der Waals surface area contributed by atoms with E-state index < -0.39 is 0 Å². The number of benzene rings is 2. The molecule has 0 saturated carbocycles. The van der Waals surface area contributed by atoms with Gasteiger partial charge in [-0.15, -0.1) is 11.3 Å². The average molecular weight is 264 g/mol. The lowest BCUT2D eigenvalue weighted by atomic mass is 10.2. The highest BCUT2D eigenvalue weighted by atomic mass is 16.5. The molecule has 4 nitrogen and oxygen atoms in total. The fraction of sp³-hybridized carbons (Fsp3) is 0.0625. The molecular formula is C16H12N2O2. The van der Waals surface area contributed by atoms with Gasteiger partial charge in [0.15, 0.2) is 0 Å². The van der Waals surface area contributed by atoms with Crippen LogP contribution in [-0.4, -0.2) is 13.3 Å². The van der Waals surface area contributed by atoms with Crippen LogP contribution in [0.25, 0.3) is 0 Å². The molecule has 4 heteroatoms. The SMILES string of the molecule is C#Cc1cccc(N=Cc2cc(N=O)ccc2OC)c1. The van der Waals surface area contributed by atoms with E-state index in [0.717, 1.165) is 11.3 Å². The first-order valence-electron chi connectivity index (χ1n) is 5.89. The molecule has 0 amide bonds. The second-order valence-electron chi connectivity index (χ2n) is 3.97. The van der Waals surface area contributed by atoms with Crippen molar-refractivity contribution >= 4 is 17.6 Å². The first-order chi connectivity index (χ1) is 9.76. The normalized spacial score (nSPS) is 10.2. The molecule has 2 aromatic rings. The zero-order chi connectivity index (χ0) is 14.4. The van der Waals surface area contributed by atoms with E-state index in [1.165, 1.54) is 0 Å². The monoisotopic (exact) mass is 264 g/mol. The molecule has 0 N–H and O–H groups in total. The maximum Gasteiger partial charge on any atom is 0.127 e. The molecule has 0 aliphatic rings. The van der Waals surface area contributed by atoms with E-state index in [4.69, 9.17) is 11.2 Å². The highest BCUT2D eigenvalue weighted by Crippen LogP contribution is 2.23. The van der Waals surface area contributed by atoms with Crippen LogP contribution in [0.1, 0.15) is 11.1 Å². The third-order valence-electron chi connectivity index (χ3n) is 2.68. The van der Waals surface area contributed by atoms with Gasteiger partial charge in [-0.1, -0.05) is 12.0 Å². The standard InChI is InChI=1S/C16H12N2O2/c1-3-12-5-4-6-14(9-12)17-11-13-10-15(18-19)7-8-16(13)20-2/h1,4-11H,2H3. The molecule has 0 radical (unpaired) electrons. The number of ether oxygens (including phenoxy) is 1. The van der Waals surface area contributed by atoms with Crippen LogP contribution >= 0.6 is 0 Å². The average Bonchev–Trinajstić information content (AvgIpc) is 2.52. The van der Waals surface area contributed by atoms with Crippen molar-refractivity contribution in [2.75, 3.05) is 7.11 Å².